The van der Waals surface area contributed by atoms with Crippen molar-refractivity contribution in [2.45, 2.75) is 112 Å². The molecule has 0 amide bonds. The van der Waals surface area contributed by atoms with Crippen molar-refractivity contribution in [2.24, 2.45) is 40.4 Å². The highest BCUT2D eigenvalue weighted by Crippen LogP contribution is 2.66. The Bertz CT molecular complexity index is 742. The maximum Gasteiger partial charge on any atom is 0.0295 e. The predicted octanol–water partition coefficient (Wildman–Crippen LogP) is 8.44. The van der Waals surface area contributed by atoms with Gasteiger partial charge < -0.3 is 5.32 Å². The average Bonchev–Trinajstić information content (AvgIpc) is 3.05. The van der Waals surface area contributed by atoms with Crippen LogP contribution in [0.3, 0.4) is 0 Å². The largest absolute Gasteiger partial charge is 0.386 e. The van der Waals surface area contributed by atoms with Gasteiger partial charge in [-0.25, -0.2) is 0 Å². The Morgan fingerprint density at radius 3 is 2.52 bits per heavy atom. The first-order chi connectivity index (χ1) is 14.6. The van der Waals surface area contributed by atoms with E-state index in [1.54, 1.807) is 5.57 Å². The van der Waals surface area contributed by atoms with Crippen LogP contribution < -0.4 is 5.32 Å². The summed E-state index contributed by atoms with van der Waals surface area (Å²) in [6, 6.07) is 0.586. The Balaban J connectivity index is 1.51. The van der Waals surface area contributed by atoms with Crippen LogP contribution in [-0.4, -0.2) is 6.04 Å². The summed E-state index contributed by atoms with van der Waals surface area (Å²) in [5.74, 6) is 4.31. The lowest BCUT2D eigenvalue weighted by atomic mass is 9.50. The summed E-state index contributed by atoms with van der Waals surface area (Å²) in [6.45, 7) is 18.8. The Morgan fingerprint density at radius 1 is 1.03 bits per heavy atom. The molecule has 1 nitrogen and oxygen atoms in total. The van der Waals surface area contributed by atoms with Crippen molar-refractivity contribution in [3.63, 3.8) is 0 Å². The van der Waals surface area contributed by atoms with Crippen LogP contribution in [0.25, 0.3) is 0 Å². The predicted molar refractivity (Wildman–Crippen MR) is 135 cm³/mol. The summed E-state index contributed by atoms with van der Waals surface area (Å²) >= 11 is 0. The van der Waals surface area contributed by atoms with Gasteiger partial charge in [0.1, 0.15) is 0 Å². The van der Waals surface area contributed by atoms with Gasteiger partial charge in [0.15, 0.2) is 0 Å². The average molecular weight is 424 g/mol. The summed E-state index contributed by atoms with van der Waals surface area (Å²) in [5, 5.41) is 3.63. The third kappa shape index (κ3) is 4.20. The van der Waals surface area contributed by atoms with Crippen LogP contribution >= 0.6 is 0 Å². The molecule has 0 spiro atoms. The van der Waals surface area contributed by atoms with Crippen LogP contribution in [-0.2, 0) is 0 Å². The van der Waals surface area contributed by atoms with E-state index in [4.69, 9.17) is 0 Å². The van der Waals surface area contributed by atoms with Crippen LogP contribution in [0, 0.1) is 40.4 Å². The molecule has 3 fully saturated rings. The molecule has 4 aliphatic carbocycles. The molecule has 7 atom stereocenters. The van der Waals surface area contributed by atoms with Crippen molar-refractivity contribution >= 4 is 0 Å². The second kappa shape index (κ2) is 8.75. The first-order valence-corrected chi connectivity index (χ1v) is 13.5. The minimum absolute atomic E-state index is 0.402. The molecule has 0 aromatic heterocycles. The highest BCUT2D eigenvalue weighted by atomic mass is 14.9. The highest BCUT2D eigenvalue weighted by molar-refractivity contribution is 5.39. The van der Waals surface area contributed by atoms with E-state index in [-0.39, 0.29) is 0 Å². The monoisotopic (exact) mass is 423 g/mol. The van der Waals surface area contributed by atoms with Crippen molar-refractivity contribution in [2.75, 3.05) is 0 Å². The summed E-state index contributed by atoms with van der Waals surface area (Å²) in [7, 11) is 0. The smallest absolute Gasteiger partial charge is 0.0295 e. The van der Waals surface area contributed by atoms with E-state index < -0.39 is 0 Å². The lowest BCUT2D eigenvalue weighted by Crippen LogP contribution is -2.47. The first-order valence-electron chi connectivity index (χ1n) is 13.5. The Hall–Kier alpha value is -0.980. The zero-order valence-corrected chi connectivity index (χ0v) is 21.4. The minimum atomic E-state index is 0.402. The molecule has 0 heterocycles. The molecular weight excluding hydrogens is 374 g/mol. The molecule has 31 heavy (non-hydrogen) atoms. The Morgan fingerprint density at radius 2 is 1.81 bits per heavy atom. The van der Waals surface area contributed by atoms with Gasteiger partial charge in [-0.15, -0.1) is 0 Å². The topological polar surface area (TPSA) is 12.0 Å². The zero-order chi connectivity index (χ0) is 22.4. The number of fused-ring (bicyclic) bond motifs is 5. The molecule has 0 aliphatic heterocycles. The normalized spacial score (nSPS) is 40.4. The lowest BCUT2D eigenvalue weighted by molar-refractivity contribution is 0.0459. The van der Waals surface area contributed by atoms with E-state index in [0.29, 0.717) is 16.9 Å². The van der Waals surface area contributed by atoms with E-state index in [0.717, 1.165) is 35.3 Å². The molecule has 4 aliphatic rings. The zero-order valence-electron chi connectivity index (χ0n) is 21.4. The molecule has 174 valence electrons. The summed E-state index contributed by atoms with van der Waals surface area (Å²) in [4.78, 5) is 0. The molecule has 0 saturated heterocycles. The van der Waals surface area contributed by atoms with Gasteiger partial charge in [-0.05, 0) is 92.3 Å². The highest BCUT2D eigenvalue weighted by Gasteiger charge is 2.56. The van der Waals surface area contributed by atoms with Crippen LogP contribution in [0.15, 0.2) is 35.6 Å². The fourth-order valence-corrected chi connectivity index (χ4v) is 8.50. The van der Waals surface area contributed by atoms with Gasteiger partial charge >= 0.3 is 0 Å². The Kier molecular flexibility index (Phi) is 6.55. The third-order valence-corrected chi connectivity index (χ3v) is 10.2. The molecule has 0 aromatic rings. The van der Waals surface area contributed by atoms with Crippen LogP contribution in [0.5, 0.6) is 0 Å². The van der Waals surface area contributed by atoms with Gasteiger partial charge in [-0.3, -0.25) is 0 Å². The fourth-order valence-electron chi connectivity index (χ4n) is 8.50. The molecule has 3 saturated carbocycles. The van der Waals surface area contributed by atoms with Crippen LogP contribution in [0.4, 0.5) is 0 Å². The van der Waals surface area contributed by atoms with E-state index in [1.807, 2.05) is 5.57 Å². The molecule has 4 rings (SSSR count). The van der Waals surface area contributed by atoms with Gasteiger partial charge in [0.25, 0.3) is 0 Å². The molecular formula is C30H49N. The van der Waals surface area contributed by atoms with E-state index >= 15 is 0 Å². The maximum atomic E-state index is 4.09. The van der Waals surface area contributed by atoms with Gasteiger partial charge in [0.2, 0.25) is 0 Å². The van der Waals surface area contributed by atoms with Crippen molar-refractivity contribution in [1.82, 2.24) is 5.32 Å². The minimum Gasteiger partial charge on any atom is -0.386 e. The standard InChI is InChI=1S/C30H49N/c1-20(2)9-8-10-22(5)26-13-14-27-25-12-11-23-19-24(31-21(3)4)15-17-29(23,6)28(25)16-18-30(26,27)7/h11-12,20,22,24,26-28,31H,3,8-10,13-19H2,1-2,4-7H3. The van der Waals surface area contributed by atoms with Crippen LogP contribution in [0.1, 0.15) is 106 Å². The second-order valence-corrected chi connectivity index (χ2v) is 12.8. The quantitative estimate of drug-likeness (QED) is 0.433. The molecule has 0 aromatic carbocycles. The number of hydrogen-bond acceptors (Lipinski definition) is 1. The van der Waals surface area contributed by atoms with Crippen molar-refractivity contribution in [3.8, 4) is 0 Å². The third-order valence-electron chi connectivity index (χ3n) is 10.2. The SMILES string of the molecule is C=C(C)NC1CCC2(C)C(=CC=C3C2CCC2(C)C3CCC2C(C)CCCC(C)C)C1. The summed E-state index contributed by atoms with van der Waals surface area (Å²) < 4.78 is 0. The van der Waals surface area contributed by atoms with Crippen molar-refractivity contribution < 1.29 is 0 Å². The van der Waals surface area contributed by atoms with E-state index in [9.17, 15) is 0 Å². The number of nitrogens with one attached hydrogen (secondary N) is 1. The van der Waals surface area contributed by atoms with Gasteiger partial charge in [0.05, 0.1) is 0 Å². The van der Waals surface area contributed by atoms with Crippen molar-refractivity contribution in [1.29, 1.82) is 0 Å². The van der Waals surface area contributed by atoms with E-state index in [1.165, 1.54) is 64.2 Å². The first kappa shape index (κ1) is 23.2. The van der Waals surface area contributed by atoms with Gasteiger partial charge in [0, 0.05) is 11.7 Å². The van der Waals surface area contributed by atoms with Crippen molar-refractivity contribution in [3.05, 3.63) is 35.6 Å². The molecule has 1 heteroatoms. The molecule has 1 N–H and O–H groups in total. The maximum absolute atomic E-state index is 4.09. The fraction of sp³-hybridized carbons (Fsp3) is 0.800. The van der Waals surface area contributed by atoms with Gasteiger partial charge in [-0.1, -0.05) is 83.8 Å². The lowest BCUT2D eigenvalue weighted by Gasteiger charge is -2.55. The number of allylic oxidation sites excluding steroid dienone is 4. The number of rotatable bonds is 7. The molecule has 0 radical (unpaired) electrons. The summed E-state index contributed by atoms with van der Waals surface area (Å²) in [6.07, 6.45) is 19.0. The molecule has 7 unspecified atom stereocenters. The number of hydrogen-bond donors (Lipinski definition) is 1. The van der Waals surface area contributed by atoms with Gasteiger partial charge in [-0.2, -0.15) is 0 Å². The van der Waals surface area contributed by atoms with E-state index in [2.05, 4.69) is 65.6 Å². The van der Waals surface area contributed by atoms with Crippen LogP contribution in [0.2, 0.25) is 0 Å². The summed E-state index contributed by atoms with van der Waals surface area (Å²) in [5.41, 5.74) is 5.63. The second-order valence-electron chi connectivity index (χ2n) is 12.8. The molecule has 0 bridgehead atoms. The Labute approximate surface area is 193 Å².